The quantitative estimate of drug-likeness (QED) is 0.865. The van der Waals surface area contributed by atoms with Gasteiger partial charge in [-0.25, -0.2) is 0 Å². The summed E-state index contributed by atoms with van der Waals surface area (Å²) in [6, 6.07) is 17.1. The summed E-state index contributed by atoms with van der Waals surface area (Å²) in [5.74, 6) is 0.131. The van der Waals surface area contributed by atoms with E-state index in [-0.39, 0.29) is 17.8 Å². The van der Waals surface area contributed by atoms with Crippen LogP contribution in [0.3, 0.4) is 0 Å². The van der Waals surface area contributed by atoms with Gasteiger partial charge in [-0.05, 0) is 18.4 Å². The molecule has 0 aliphatic heterocycles. The van der Waals surface area contributed by atoms with Gasteiger partial charge in [0.15, 0.2) is 5.78 Å². The van der Waals surface area contributed by atoms with Crippen LogP contribution in [0.25, 0.3) is 0 Å². The van der Waals surface area contributed by atoms with Gasteiger partial charge in [0.2, 0.25) is 0 Å². The summed E-state index contributed by atoms with van der Waals surface area (Å²) in [6.45, 7) is 0. The van der Waals surface area contributed by atoms with Crippen LogP contribution in [-0.4, -0.2) is 17.0 Å². The number of hydrogen-bond donors (Lipinski definition) is 1. The fourth-order valence-corrected chi connectivity index (χ4v) is 3.25. The highest BCUT2D eigenvalue weighted by atomic mass is 16.3. The first-order chi connectivity index (χ1) is 10.3. The molecule has 2 unspecified atom stereocenters. The van der Waals surface area contributed by atoms with Crippen LogP contribution >= 0.6 is 0 Å². The Morgan fingerprint density at radius 3 is 2.33 bits per heavy atom. The molecule has 0 heterocycles. The summed E-state index contributed by atoms with van der Waals surface area (Å²) in [5.41, 5.74) is 2.43. The fourth-order valence-electron chi connectivity index (χ4n) is 3.25. The predicted molar refractivity (Wildman–Crippen MR) is 83.5 cm³/mol. The molecule has 0 aromatic heterocycles. The number of carbonyl (C=O) groups excluding carboxylic acids is 1. The van der Waals surface area contributed by atoms with Gasteiger partial charge in [-0.3, -0.25) is 4.79 Å². The van der Waals surface area contributed by atoms with E-state index in [4.69, 9.17) is 0 Å². The summed E-state index contributed by atoms with van der Waals surface area (Å²) in [4.78, 5) is 12.7. The third-order valence-electron chi connectivity index (χ3n) is 4.37. The third-order valence-corrected chi connectivity index (χ3v) is 4.37. The number of benzene rings is 2. The fraction of sp³-hybridized carbons (Fsp3) is 0.316. The van der Waals surface area contributed by atoms with Crippen molar-refractivity contribution in [2.24, 2.45) is 0 Å². The Morgan fingerprint density at radius 2 is 1.57 bits per heavy atom. The maximum Gasteiger partial charge on any atom is 0.193 e. The Balaban J connectivity index is 1.98. The van der Waals surface area contributed by atoms with E-state index in [1.54, 1.807) is 0 Å². The first kappa shape index (κ1) is 14.0. The van der Waals surface area contributed by atoms with Gasteiger partial charge in [-0.1, -0.05) is 67.4 Å². The first-order valence-electron chi connectivity index (χ1n) is 7.64. The van der Waals surface area contributed by atoms with Gasteiger partial charge in [-0.2, -0.15) is 0 Å². The molecule has 21 heavy (non-hydrogen) atoms. The zero-order chi connectivity index (χ0) is 14.7. The van der Waals surface area contributed by atoms with E-state index in [2.05, 4.69) is 0 Å². The van der Waals surface area contributed by atoms with Crippen molar-refractivity contribution in [1.29, 1.82) is 0 Å². The van der Waals surface area contributed by atoms with Crippen molar-refractivity contribution in [2.75, 3.05) is 0 Å². The van der Waals surface area contributed by atoms with Gasteiger partial charge in [0, 0.05) is 17.0 Å². The van der Waals surface area contributed by atoms with Crippen LogP contribution in [0.1, 0.15) is 53.1 Å². The molecule has 1 fully saturated rings. The lowest BCUT2D eigenvalue weighted by Crippen LogP contribution is -2.24. The second-order valence-corrected chi connectivity index (χ2v) is 5.74. The Morgan fingerprint density at radius 1 is 0.905 bits per heavy atom. The van der Waals surface area contributed by atoms with Crippen LogP contribution in [-0.2, 0) is 0 Å². The number of hydrogen-bond acceptors (Lipinski definition) is 2. The largest absolute Gasteiger partial charge is 0.392 e. The van der Waals surface area contributed by atoms with Gasteiger partial charge >= 0.3 is 0 Å². The van der Waals surface area contributed by atoms with E-state index in [0.29, 0.717) is 5.56 Å². The third kappa shape index (κ3) is 2.91. The van der Waals surface area contributed by atoms with E-state index in [1.807, 2.05) is 54.6 Å². The molecule has 1 aliphatic carbocycles. The second kappa shape index (κ2) is 6.23. The van der Waals surface area contributed by atoms with Crippen molar-refractivity contribution < 1.29 is 9.90 Å². The zero-order valence-corrected chi connectivity index (χ0v) is 12.0. The summed E-state index contributed by atoms with van der Waals surface area (Å²) in [7, 11) is 0. The summed E-state index contributed by atoms with van der Waals surface area (Å²) in [5, 5.41) is 10.3. The number of aliphatic hydroxyl groups is 1. The Labute approximate surface area is 125 Å². The van der Waals surface area contributed by atoms with Crippen LogP contribution in [0.15, 0.2) is 54.6 Å². The molecule has 0 spiro atoms. The van der Waals surface area contributed by atoms with E-state index >= 15 is 0 Å². The van der Waals surface area contributed by atoms with E-state index in [1.165, 1.54) is 0 Å². The molecule has 0 bridgehead atoms. The van der Waals surface area contributed by atoms with Crippen molar-refractivity contribution in [2.45, 2.75) is 37.7 Å². The summed E-state index contributed by atoms with van der Waals surface area (Å²) >= 11 is 0. The minimum atomic E-state index is -0.330. The van der Waals surface area contributed by atoms with Crippen LogP contribution in [0.5, 0.6) is 0 Å². The van der Waals surface area contributed by atoms with Crippen LogP contribution in [0.2, 0.25) is 0 Å². The molecule has 1 saturated carbocycles. The summed E-state index contributed by atoms with van der Waals surface area (Å²) < 4.78 is 0. The van der Waals surface area contributed by atoms with Crippen molar-refractivity contribution in [3.8, 4) is 0 Å². The van der Waals surface area contributed by atoms with Crippen LogP contribution in [0, 0.1) is 0 Å². The highest BCUT2D eigenvalue weighted by Gasteiger charge is 2.28. The molecular formula is C19H20O2. The lowest BCUT2D eigenvalue weighted by molar-refractivity contribution is 0.100. The van der Waals surface area contributed by atoms with Crippen molar-refractivity contribution in [3.05, 3.63) is 71.3 Å². The molecule has 3 rings (SSSR count). The Kier molecular flexibility index (Phi) is 4.16. The molecule has 2 aromatic carbocycles. The van der Waals surface area contributed by atoms with E-state index < -0.39 is 0 Å². The Hall–Kier alpha value is -1.93. The zero-order valence-electron chi connectivity index (χ0n) is 12.0. The monoisotopic (exact) mass is 280 g/mol. The number of carbonyl (C=O) groups is 1. The normalized spacial score (nSPS) is 22.0. The van der Waals surface area contributed by atoms with Gasteiger partial charge < -0.3 is 5.11 Å². The average molecular weight is 280 g/mol. The smallest absolute Gasteiger partial charge is 0.193 e. The molecule has 0 saturated heterocycles. The first-order valence-corrected chi connectivity index (χ1v) is 7.64. The molecule has 2 aromatic rings. The van der Waals surface area contributed by atoms with Crippen LogP contribution < -0.4 is 0 Å². The standard InChI is InChI=1S/C19H20O2/c20-18-13-7-6-11-16(18)15-10-4-5-12-17(15)19(21)14-8-2-1-3-9-14/h1-5,8-10,12,16,18,20H,6-7,11,13H2. The van der Waals surface area contributed by atoms with Crippen molar-refractivity contribution in [3.63, 3.8) is 0 Å². The molecule has 2 atom stereocenters. The van der Waals surface area contributed by atoms with Gasteiger partial charge in [0.05, 0.1) is 6.10 Å². The Bertz CT molecular complexity index is 618. The SMILES string of the molecule is O=C(c1ccccc1)c1ccccc1C1CCCCC1O. The van der Waals surface area contributed by atoms with E-state index in [9.17, 15) is 9.90 Å². The number of rotatable bonds is 3. The summed E-state index contributed by atoms with van der Waals surface area (Å²) in [6.07, 6.45) is 3.66. The molecule has 1 N–H and O–H groups in total. The lowest BCUT2D eigenvalue weighted by Gasteiger charge is -2.29. The van der Waals surface area contributed by atoms with Crippen molar-refractivity contribution >= 4 is 5.78 Å². The lowest BCUT2D eigenvalue weighted by atomic mass is 9.79. The van der Waals surface area contributed by atoms with Gasteiger partial charge in [0.25, 0.3) is 0 Å². The van der Waals surface area contributed by atoms with Gasteiger partial charge in [-0.15, -0.1) is 0 Å². The maximum absolute atomic E-state index is 12.7. The molecule has 2 nitrogen and oxygen atoms in total. The van der Waals surface area contributed by atoms with Crippen LogP contribution in [0.4, 0.5) is 0 Å². The average Bonchev–Trinajstić information content (AvgIpc) is 2.55. The van der Waals surface area contributed by atoms with E-state index in [0.717, 1.165) is 36.8 Å². The minimum absolute atomic E-state index is 0.0453. The molecule has 2 heteroatoms. The highest BCUT2D eigenvalue weighted by Crippen LogP contribution is 2.35. The molecule has 0 amide bonds. The number of aliphatic hydroxyl groups excluding tert-OH is 1. The van der Waals surface area contributed by atoms with Crippen molar-refractivity contribution in [1.82, 2.24) is 0 Å². The topological polar surface area (TPSA) is 37.3 Å². The highest BCUT2D eigenvalue weighted by molar-refractivity contribution is 6.10. The minimum Gasteiger partial charge on any atom is -0.392 e. The maximum atomic E-state index is 12.7. The number of ketones is 1. The molecule has 0 radical (unpaired) electrons. The molecule has 1 aliphatic rings. The molecule has 108 valence electrons. The second-order valence-electron chi connectivity index (χ2n) is 5.74. The predicted octanol–water partition coefficient (Wildman–Crippen LogP) is 3.94. The van der Waals surface area contributed by atoms with Gasteiger partial charge in [0.1, 0.15) is 0 Å². The molecular weight excluding hydrogens is 260 g/mol.